The molecule has 3 aromatic rings. The highest BCUT2D eigenvalue weighted by atomic mass is 35.5. The van der Waals surface area contributed by atoms with Crippen LogP contribution in [0.2, 0.25) is 5.02 Å². The number of halogens is 1. The minimum absolute atomic E-state index is 0.208. The normalized spacial score (nSPS) is 13.7. The molecule has 0 bridgehead atoms. The number of para-hydroxylation sites is 1. The van der Waals surface area contributed by atoms with Crippen molar-refractivity contribution in [1.29, 1.82) is 0 Å². The molecule has 0 spiro atoms. The first-order valence-electron chi connectivity index (χ1n) is 7.33. The molecule has 1 heterocycles. The third-order valence-corrected chi connectivity index (χ3v) is 4.03. The van der Waals surface area contributed by atoms with E-state index in [0.717, 1.165) is 16.6 Å². The van der Waals surface area contributed by atoms with Gasteiger partial charge in [-0.1, -0.05) is 41.9 Å². The SMILES string of the molecule is OCC(Nc1ccnc2ccccc12)C(O)c1ccc(Cl)cc1. The van der Waals surface area contributed by atoms with Crippen molar-refractivity contribution in [3.05, 3.63) is 71.4 Å². The number of rotatable bonds is 5. The van der Waals surface area contributed by atoms with E-state index in [2.05, 4.69) is 10.3 Å². The number of hydrogen-bond acceptors (Lipinski definition) is 4. The van der Waals surface area contributed by atoms with Crippen LogP contribution in [0.3, 0.4) is 0 Å². The van der Waals surface area contributed by atoms with Crippen molar-refractivity contribution in [2.75, 3.05) is 11.9 Å². The summed E-state index contributed by atoms with van der Waals surface area (Å²) in [4.78, 5) is 4.31. The molecule has 2 aromatic carbocycles. The van der Waals surface area contributed by atoms with Crippen molar-refractivity contribution in [1.82, 2.24) is 4.98 Å². The van der Waals surface area contributed by atoms with Crippen LogP contribution in [0.25, 0.3) is 10.9 Å². The van der Waals surface area contributed by atoms with Crippen molar-refractivity contribution in [3.63, 3.8) is 0 Å². The van der Waals surface area contributed by atoms with Crippen LogP contribution in [0.5, 0.6) is 0 Å². The standard InChI is InChI=1S/C18H17ClN2O2/c19-13-7-5-12(6-8-13)18(23)17(11-22)21-16-9-10-20-15-4-2-1-3-14(15)16/h1-10,17-18,22-23H,11H2,(H,20,21). The van der Waals surface area contributed by atoms with E-state index in [0.29, 0.717) is 10.6 Å². The molecule has 0 aliphatic carbocycles. The van der Waals surface area contributed by atoms with Gasteiger partial charge in [-0.2, -0.15) is 0 Å². The maximum absolute atomic E-state index is 10.5. The van der Waals surface area contributed by atoms with E-state index in [1.54, 1.807) is 30.5 Å². The number of fused-ring (bicyclic) bond motifs is 1. The molecule has 3 N–H and O–H groups in total. The Morgan fingerprint density at radius 2 is 1.78 bits per heavy atom. The highest BCUT2D eigenvalue weighted by molar-refractivity contribution is 6.30. The molecule has 1 aromatic heterocycles. The summed E-state index contributed by atoms with van der Waals surface area (Å²) < 4.78 is 0. The van der Waals surface area contributed by atoms with Gasteiger partial charge in [0, 0.05) is 22.3 Å². The van der Waals surface area contributed by atoms with Gasteiger partial charge in [-0.05, 0) is 29.8 Å². The van der Waals surface area contributed by atoms with Crippen LogP contribution in [-0.2, 0) is 0 Å². The lowest BCUT2D eigenvalue weighted by Crippen LogP contribution is -2.31. The molecule has 5 heteroatoms. The average Bonchev–Trinajstić information content (AvgIpc) is 2.60. The highest BCUT2D eigenvalue weighted by Gasteiger charge is 2.20. The number of pyridine rings is 1. The number of nitrogens with one attached hydrogen (secondary N) is 1. The Morgan fingerprint density at radius 3 is 2.52 bits per heavy atom. The van der Waals surface area contributed by atoms with Crippen molar-refractivity contribution >= 4 is 28.2 Å². The van der Waals surface area contributed by atoms with E-state index in [1.165, 1.54) is 0 Å². The van der Waals surface area contributed by atoms with E-state index in [9.17, 15) is 10.2 Å². The molecule has 0 radical (unpaired) electrons. The Kier molecular flexibility index (Phi) is 4.76. The van der Waals surface area contributed by atoms with Crippen molar-refractivity contribution in [3.8, 4) is 0 Å². The molecule has 0 aliphatic rings. The van der Waals surface area contributed by atoms with Crippen LogP contribution in [0.4, 0.5) is 5.69 Å². The summed E-state index contributed by atoms with van der Waals surface area (Å²) in [6.07, 6.45) is 0.845. The molecule has 0 fully saturated rings. The largest absolute Gasteiger partial charge is 0.394 e. The molecule has 4 nitrogen and oxygen atoms in total. The molecule has 0 saturated heterocycles. The zero-order valence-electron chi connectivity index (χ0n) is 12.4. The first kappa shape index (κ1) is 15.7. The lowest BCUT2D eigenvalue weighted by molar-refractivity contribution is 0.118. The van der Waals surface area contributed by atoms with E-state index < -0.39 is 12.1 Å². The van der Waals surface area contributed by atoms with Gasteiger partial charge in [0.25, 0.3) is 0 Å². The van der Waals surface area contributed by atoms with Gasteiger partial charge in [0.05, 0.1) is 18.2 Å². The van der Waals surface area contributed by atoms with Crippen LogP contribution in [0, 0.1) is 0 Å². The number of hydrogen-bond donors (Lipinski definition) is 3. The maximum Gasteiger partial charge on any atom is 0.101 e. The minimum Gasteiger partial charge on any atom is -0.394 e. The minimum atomic E-state index is -0.857. The van der Waals surface area contributed by atoms with E-state index in [4.69, 9.17) is 11.6 Å². The van der Waals surface area contributed by atoms with Crippen molar-refractivity contribution in [2.45, 2.75) is 12.1 Å². The first-order valence-corrected chi connectivity index (χ1v) is 7.71. The Balaban J connectivity index is 1.87. The molecule has 2 unspecified atom stereocenters. The number of benzene rings is 2. The Hall–Kier alpha value is -2.14. The third kappa shape index (κ3) is 3.45. The van der Waals surface area contributed by atoms with Gasteiger partial charge in [-0.15, -0.1) is 0 Å². The zero-order chi connectivity index (χ0) is 16.2. The quantitative estimate of drug-likeness (QED) is 0.671. The average molecular weight is 329 g/mol. The number of aliphatic hydroxyl groups is 2. The van der Waals surface area contributed by atoms with Crippen LogP contribution < -0.4 is 5.32 Å². The Bertz CT molecular complexity index is 787. The Morgan fingerprint density at radius 1 is 1.04 bits per heavy atom. The maximum atomic E-state index is 10.5. The van der Waals surface area contributed by atoms with Crippen LogP contribution in [-0.4, -0.2) is 27.8 Å². The third-order valence-electron chi connectivity index (χ3n) is 3.78. The smallest absolute Gasteiger partial charge is 0.101 e. The molecule has 2 atom stereocenters. The lowest BCUT2D eigenvalue weighted by Gasteiger charge is -2.24. The number of aromatic nitrogens is 1. The second-order valence-corrected chi connectivity index (χ2v) is 5.74. The summed E-state index contributed by atoms with van der Waals surface area (Å²) in [6.45, 7) is -0.208. The number of anilines is 1. The highest BCUT2D eigenvalue weighted by Crippen LogP contribution is 2.26. The molecule has 3 rings (SSSR count). The molecule has 23 heavy (non-hydrogen) atoms. The summed E-state index contributed by atoms with van der Waals surface area (Å²) in [5.41, 5.74) is 2.37. The van der Waals surface area contributed by atoms with Gasteiger partial charge in [0.2, 0.25) is 0 Å². The first-order chi connectivity index (χ1) is 11.2. The van der Waals surface area contributed by atoms with Gasteiger partial charge in [0.15, 0.2) is 0 Å². The van der Waals surface area contributed by atoms with E-state index in [-0.39, 0.29) is 6.61 Å². The Labute approximate surface area is 139 Å². The molecule has 0 amide bonds. The zero-order valence-corrected chi connectivity index (χ0v) is 13.1. The molecular formula is C18H17ClN2O2. The number of nitrogens with zero attached hydrogens (tertiary/aromatic N) is 1. The number of aliphatic hydroxyl groups excluding tert-OH is 2. The fraction of sp³-hybridized carbons (Fsp3) is 0.167. The van der Waals surface area contributed by atoms with Gasteiger partial charge >= 0.3 is 0 Å². The monoisotopic (exact) mass is 328 g/mol. The van der Waals surface area contributed by atoms with Gasteiger partial charge in [-0.25, -0.2) is 0 Å². The molecule has 0 saturated carbocycles. The van der Waals surface area contributed by atoms with E-state index in [1.807, 2.05) is 30.3 Å². The second-order valence-electron chi connectivity index (χ2n) is 5.31. The topological polar surface area (TPSA) is 65.4 Å². The van der Waals surface area contributed by atoms with E-state index >= 15 is 0 Å². The lowest BCUT2D eigenvalue weighted by atomic mass is 10.0. The summed E-state index contributed by atoms with van der Waals surface area (Å²) in [5, 5.41) is 25.0. The van der Waals surface area contributed by atoms with Crippen LogP contribution in [0.1, 0.15) is 11.7 Å². The predicted molar refractivity (Wildman–Crippen MR) is 92.7 cm³/mol. The van der Waals surface area contributed by atoms with Crippen LogP contribution >= 0.6 is 11.6 Å². The fourth-order valence-corrected chi connectivity index (χ4v) is 2.66. The summed E-state index contributed by atoms with van der Waals surface area (Å²) in [5.74, 6) is 0. The predicted octanol–water partition coefficient (Wildman–Crippen LogP) is 3.39. The molecule has 0 aliphatic heterocycles. The summed E-state index contributed by atoms with van der Waals surface area (Å²) >= 11 is 5.87. The second kappa shape index (κ2) is 6.96. The van der Waals surface area contributed by atoms with Crippen LogP contribution in [0.15, 0.2) is 60.8 Å². The van der Waals surface area contributed by atoms with Crippen molar-refractivity contribution < 1.29 is 10.2 Å². The summed E-state index contributed by atoms with van der Waals surface area (Å²) in [7, 11) is 0. The fourth-order valence-electron chi connectivity index (χ4n) is 2.54. The van der Waals surface area contributed by atoms with Gasteiger partial charge < -0.3 is 15.5 Å². The van der Waals surface area contributed by atoms with Crippen molar-refractivity contribution in [2.24, 2.45) is 0 Å². The molecule has 118 valence electrons. The molecular weight excluding hydrogens is 312 g/mol. The van der Waals surface area contributed by atoms with Gasteiger partial charge in [0.1, 0.15) is 6.10 Å². The summed E-state index contributed by atoms with van der Waals surface area (Å²) in [6, 6.07) is 16.0. The van der Waals surface area contributed by atoms with Gasteiger partial charge in [-0.3, -0.25) is 4.98 Å².